The van der Waals surface area contributed by atoms with Crippen molar-refractivity contribution in [2.24, 2.45) is 0 Å². The van der Waals surface area contributed by atoms with Crippen molar-refractivity contribution >= 4 is 17.4 Å². The van der Waals surface area contributed by atoms with Crippen LogP contribution in [0, 0.1) is 0 Å². The molecule has 1 unspecified atom stereocenters. The number of rotatable bonds is 7. The standard InChI is InChI=1S/C12H19O5PS/c1-4-16-18(13,5-2)17-10-11-6-8-12(9-7-11)19(3,14)15/h6-9H,4-5,10H2,1-3H3. The predicted octanol–water partition coefficient (Wildman–Crippen LogP) is 2.86. The lowest BCUT2D eigenvalue weighted by Gasteiger charge is -2.16. The monoisotopic (exact) mass is 306 g/mol. The molecule has 0 amide bonds. The van der Waals surface area contributed by atoms with Gasteiger partial charge in [-0.2, -0.15) is 0 Å². The van der Waals surface area contributed by atoms with Crippen molar-refractivity contribution in [3.8, 4) is 0 Å². The van der Waals surface area contributed by atoms with Crippen LogP contribution < -0.4 is 0 Å². The van der Waals surface area contributed by atoms with Gasteiger partial charge in [0.05, 0.1) is 18.1 Å². The molecule has 0 aliphatic carbocycles. The maximum Gasteiger partial charge on any atom is 0.330 e. The summed E-state index contributed by atoms with van der Waals surface area (Å²) in [6, 6.07) is 6.29. The molecule has 1 rings (SSSR count). The van der Waals surface area contributed by atoms with Gasteiger partial charge in [0.2, 0.25) is 0 Å². The van der Waals surface area contributed by atoms with Gasteiger partial charge in [-0.25, -0.2) is 8.42 Å². The summed E-state index contributed by atoms with van der Waals surface area (Å²) in [6.45, 7) is 3.96. The van der Waals surface area contributed by atoms with Crippen molar-refractivity contribution in [3.63, 3.8) is 0 Å². The smallest absolute Gasteiger partial charge is 0.309 e. The van der Waals surface area contributed by atoms with Crippen molar-refractivity contribution in [2.45, 2.75) is 25.3 Å². The Balaban J connectivity index is 2.72. The highest BCUT2D eigenvalue weighted by Crippen LogP contribution is 2.48. The van der Waals surface area contributed by atoms with E-state index in [1.165, 1.54) is 12.1 Å². The molecule has 7 heteroatoms. The van der Waals surface area contributed by atoms with Crippen LogP contribution in [0.2, 0.25) is 0 Å². The molecule has 5 nitrogen and oxygen atoms in total. The fourth-order valence-electron chi connectivity index (χ4n) is 1.42. The molecule has 1 atom stereocenters. The van der Waals surface area contributed by atoms with Crippen molar-refractivity contribution in [1.29, 1.82) is 0 Å². The molecule has 0 bridgehead atoms. The Morgan fingerprint density at radius 1 is 1.11 bits per heavy atom. The van der Waals surface area contributed by atoms with E-state index >= 15 is 0 Å². The molecular formula is C12H19O5PS. The summed E-state index contributed by atoms with van der Waals surface area (Å²) in [5, 5.41) is 0. The summed E-state index contributed by atoms with van der Waals surface area (Å²) in [7, 11) is -6.22. The molecular weight excluding hydrogens is 287 g/mol. The molecule has 0 saturated heterocycles. The molecule has 0 aromatic heterocycles. The molecule has 108 valence electrons. The van der Waals surface area contributed by atoms with E-state index in [4.69, 9.17) is 9.05 Å². The third-order valence-electron chi connectivity index (χ3n) is 2.49. The van der Waals surface area contributed by atoms with Crippen LogP contribution in [-0.4, -0.2) is 27.4 Å². The molecule has 0 saturated carbocycles. The van der Waals surface area contributed by atoms with E-state index in [-0.39, 0.29) is 11.5 Å². The van der Waals surface area contributed by atoms with Crippen molar-refractivity contribution in [3.05, 3.63) is 29.8 Å². The van der Waals surface area contributed by atoms with Crippen molar-refractivity contribution in [1.82, 2.24) is 0 Å². The minimum Gasteiger partial charge on any atom is -0.309 e. The summed E-state index contributed by atoms with van der Waals surface area (Å²) in [5.41, 5.74) is 0.751. The molecule has 19 heavy (non-hydrogen) atoms. The van der Waals surface area contributed by atoms with Crippen LogP contribution in [0.5, 0.6) is 0 Å². The molecule has 0 heterocycles. The normalized spacial score (nSPS) is 15.1. The second kappa shape index (κ2) is 6.66. The number of benzene rings is 1. The highest BCUT2D eigenvalue weighted by molar-refractivity contribution is 7.90. The maximum atomic E-state index is 12.0. The largest absolute Gasteiger partial charge is 0.330 e. The van der Waals surface area contributed by atoms with Crippen LogP contribution >= 0.6 is 7.60 Å². The van der Waals surface area contributed by atoms with E-state index < -0.39 is 17.4 Å². The Labute approximate surface area is 114 Å². The van der Waals surface area contributed by atoms with Gasteiger partial charge in [0.15, 0.2) is 9.84 Å². The summed E-state index contributed by atoms with van der Waals surface area (Å²) in [4.78, 5) is 0.250. The molecule has 1 aromatic rings. The molecule has 1 aromatic carbocycles. The van der Waals surface area contributed by atoms with Gasteiger partial charge in [-0.05, 0) is 24.6 Å². The molecule has 0 aliphatic heterocycles. The van der Waals surface area contributed by atoms with Crippen LogP contribution in [0.25, 0.3) is 0 Å². The van der Waals surface area contributed by atoms with Crippen LogP contribution in [-0.2, 0) is 30.1 Å². The Hall–Kier alpha value is -0.680. The summed E-state index contributed by atoms with van der Waals surface area (Å²) in [5.74, 6) is 0. The Kier molecular flexibility index (Phi) is 5.74. The highest BCUT2D eigenvalue weighted by atomic mass is 32.2. The van der Waals surface area contributed by atoms with Gasteiger partial charge in [-0.1, -0.05) is 19.1 Å². The first-order chi connectivity index (χ1) is 8.80. The first-order valence-electron chi connectivity index (χ1n) is 5.98. The van der Waals surface area contributed by atoms with E-state index in [1.54, 1.807) is 26.0 Å². The zero-order valence-electron chi connectivity index (χ0n) is 11.3. The van der Waals surface area contributed by atoms with Gasteiger partial charge in [0.1, 0.15) is 0 Å². The minimum absolute atomic E-state index is 0.134. The number of hydrogen-bond acceptors (Lipinski definition) is 5. The van der Waals surface area contributed by atoms with E-state index in [1.807, 2.05) is 0 Å². The first kappa shape index (κ1) is 16.4. The lowest BCUT2D eigenvalue weighted by molar-refractivity contribution is 0.205. The van der Waals surface area contributed by atoms with Gasteiger partial charge in [0.25, 0.3) is 0 Å². The van der Waals surface area contributed by atoms with Crippen LogP contribution in [0.3, 0.4) is 0 Å². The van der Waals surface area contributed by atoms with E-state index in [9.17, 15) is 13.0 Å². The van der Waals surface area contributed by atoms with Crippen molar-refractivity contribution < 1.29 is 22.0 Å². The van der Waals surface area contributed by atoms with Gasteiger partial charge in [-0.3, -0.25) is 4.57 Å². The number of hydrogen-bond donors (Lipinski definition) is 0. The summed E-state index contributed by atoms with van der Waals surface area (Å²) < 4.78 is 45.1. The maximum absolute atomic E-state index is 12.0. The lowest BCUT2D eigenvalue weighted by Crippen LogP contribution is -2.00. The second-order valence-corrected chi connectivity index (χ2v) is 8.42. The van der Waals surface area contributed by atoms with E-state index in [0.717, 1.165) is 11.8 Å². The van der Waals surface area contributed by atoms with E-state index in [0.29, 0.717) is 12.8 Å². The first-order valence-corrected chi connectivity index (χ1v) is 9.60. The molecule has 0 radical (unpaired) electrons. The number of sulfone groups is 1. The fraction of sp³-hybridized carbons (Fsp3) is 0.500. The average Bonchev–Trinajstić information content (AvgIpc) is 2.36. The molecule has 0 fully saturated rings. The predicted molar refractivity (Wildman–Crippen MR) is 74.1 cm³/mol. The van der Waals surface area contributed by atoms with Gasteiger partial charge in [0, 0.05) is 12.4 Å². The van der Waals surface area contributed by atoms with Crippen molar-refractivity contribution in [2.75, 3.05) is 19.0 Å². The average molecular weight is 306 g/mol. The topological polar surface area (TPSA) is 69.7 Å². The summed E-state index contributed by atoms with van der Waals surface area (Å²) >= 11 is 0. The highest BCUT2D eigenvalue weighted by Gasteiger charge is 2.21. The fourth-order valence-corrected chi connectivity index (χ4v) is 3.23. The SMILES string of the molecule is CCOP(=O)(CC)OCc1ccc(S(C)(=O)=O)cc1. The van der Waals surface area contributed by atoms with Gasteiger partial charge < -0.3 is 9.05 Å². The zero-order valence-corrected chi connectivity index (χ0v) is 13.0. The lowest BCUT2D eigenvalue weighted by atomic mass is 10.2. The Bertz CT molecular complexity index is 550. The third kappa shape index (κ3) is 5.07. The van der Waals surface area contributed by atoms with E-state index in [2.05, 4.69) is 0 Å². The Morgan fingerprint density at radius 3 is 2.11 bits per heavy atom. The second-order valence-electron chi connectivity index (χ2n) is 4.03. The van der Waals surface area contributed by atoms with Crippen LogP contribution in [0.15, 0.2) is 29.2 Å². The molecule has 0 aliphatic rings. The van der Waals surface area contributed by atoms with Crippen LogP contribution in [0.4, 0.5) is 0 Å². The molecule has 0 spiro atoms. The summed E-state index contributed by atoms with van der Waals surface area (Å²) in [6.07, 6.45) is 1.46. The minimum atomic E-state index is -3.20. The van der Waals surface area contributed by atoms with Crippen LogP contribution in [0.1, 0.15) is 19.4 Å². The Morgan fingerprint density at radius 2 is 1.68 bits per heavy atom. The van der Waals surface area contributed by atoms with Gasteiger partial charge in [-0.15, -0.1) is 0 Å². The molecule has 0 N–H and O–H groups in total. The quantitative estimate of drug-likeness (QED) is 0.724. The zero-order chi connectivity index (χ0) is 14.5. The van der Waals surface area contributed by atoms with Gasteiger partial charge >= 0.3 is 7.60 Å². The third-order valence-corrected chi connectivity index (χ3v) is 5.57.